The smallest absolute Gasteiger partial charge is 0.329 e. The van der Waals surface area contributed by atoms with Crippen LogP contribution in [0, 0.1) is 17.8 Å². The van der Waals surface area contributed by atoms with Crippen LogP contribution in [0.3, 0.4) is 0 Å². The Bertz CT molecular complexity index is 1310. The molecule has 2 aromatic rings. The third-order valence-corrected chi connectivity index (χ3v) is 9.53. The highest BCUT2D eigenvalue weighted by atomic mass is 32.2. The van der Waals surface area contributed by atoms with Gasteiger partial charge in [-0.3, -0.25) is 9.59 Å². The maximum Gasteiger partial charge on any atom is 0.329 e. The minimum atomic E-state index is -4.13. The van der Waals surface area contributed by atoms with E-state index in [1.54, 1.807) is 52.1 Å². The zero-order valence-electron chi connectivity index (χ0n) is 26.8. The van der Waals surface area contributed by atoms with Crippen LogP contribution in [-0.2, 0) is 29.1 Å². The summed E-state index contributed by atoms with van der Waals surface area (Å²) in [6.45, 7) is 16.6. The van der Waals surface area contributed by atoms with Gasteiger partial charge in [-0.1, -0.05) is 53.7 Å². The van der Waals surface area contributed by atoms with E-state index in [0.29, 0.717) is 11.9 Å². The van der Waals surface area contributed by atoms with E-state index in [2.05, 4.69) is 9.71 Å². The first kappa shape index (κ1) is 35.6. The van der Waals surface area contributed by atoms with Crippen LogP contribution in [0.25, 0.3) is 10.2 Å². The number of nitrogens with one attached hydrogen (secondary N) is 1. The SMILES string of the molecule is CC(C)C[C@@H](NS(=O)(=O)c1nc2ccccc2s1)C(=O)N(C)[C@@H](CC(C)C)C(=O)N(C)[C@H](C(=O)OC(C)(C)C)C(C)C. The van der Waals surface area contributed by atoms with Crippen LogP contribution < -0.4 is 4.72 Å². The number of thiazole rings is 1. The summed E-state index contributed by atoms with van der Waals surface area (Å²) in [6, 6.07) is 4.20. The number of esters is 1. The van der Waals surface area contributed by atoms with Crippen molar-refractivity contribution in [2.24, 2.45) is 17.8 Å². The van der Waals surface area contributed by atoms with Crippen LogP contribution in [0.4, 0.5) is 0 Å². The van der Waals surface area contributed by atoms with Gasteiger partial charge in [0.2, 0.25) is 16.2 Å². The number of amides is 2. The molecular weight excluding hydrogens is 576 g/mol. The van der Waals surface area contributed by atoms with Gasteiger partial charge in [-0.05, 0) is 63.5 Å². The quantitative estimate of drug-likeness (QED) is 0.321. The number of rotatable bonds is 13. The van der Waals surface area contributed by atoms with E-state index in [-0.39, 0.29) is 28.5 Å². The fourth-order valence-corrected chi connectivity index (χ4v) is 7.20. The van der Waals surface area contributed by atoms with Crippen LogP contribution in [0.5, 0.6) is 0 Å². The van der Waals surface area contributed by atoms with Crippen LogP contribution in [0.15, 0.2) is 28.6 Å². The normalized spacial score (nSPS) is 14.7. The number of likely N-dealkylation sites (N-methyl/N-ethyl adjacent to an activating group) is 2. The molecule has 0 aliphatic rings. The van der Waals surface area contributed by atoms with E-state index in [0.717, 1.165) is 16.0 Å². The van der Waals surface area contributed by atoms with Gasteiger partial charge in [-0.25, -0.2) is 18.2 Å². The van der Waals surface area contributed by atoms with Gasteiger partial charge < -0.3 is 14.5 Å². The summed E-state index contributed by atoms with van der Waals surface area (Å²) in [5.41, 5.74) is -0.176. The largest absolute Gasteiger partial charge is 0.458 e. The Hall–Kier alpha value is -2.57. The Balaban J connectivity index is 2.41. The summed E-state index contributed by atoms with van der Waals surface area (Å²) in [5.74, 6) is -1.70. The average molecular weight is 625 g/mol. The fraction of sp³-hybridized carbons (Fsp3) is 0.667. The molecule has 1 N–H and O–H groups in total. The zero-order chi connectivity index (χ0) is 32.2. The van der Waals surface area contributed by atoms with E-state index in [9.17, 15) is 22.8 Å². The molecule has 236 valence electrons. The number of fused-ring (bicyclic) bond motifs is 1. The molecule has 1 aromatic carbocycles. The molecule has 0 spiro atoms. The van der Waals surface area contributed by atoms with Gasteiger partial charge in [-0.2, -0.15) is 4.72 Å². The van der Waals surface area contributed by atoms with E-state index >= 15 is 0 Å². The molecular formula is C30H48N4O6S2. The van der Waals surface area contributed by atoms with Crippen molar-refractivity contribution in [2.75, 3.05) is 14.1 Å². The molecule has 0 saturated heterocycles. The average Bonchev–Trinajstić information content (AvgIpc) is 3.29. The third kappa shape index (κ3) is 9.47. The number of para-hydroxylation sites is 1. The molecule has 0 radical (unpaired) electrons. The van der Waals surface area contributed by atoms with Crippen molar-refractivity contribution in [3.05, 3.63) is 24.3 Å². The van der Waals surface area contributed by atoms with E-state index in [1.165, 1.54) is 16.8 Å². The lowest BCUT2D eigenvalue weighted by Gasteiger charge is -2.38. The highest BCUT2D eigenvalue weighted by molar-refractivity contribution is 7.91. The summed E-state index contributed by atoms with van der Waals surface area (Å²) in [4.78, 5) is 48.0. The Morgan fingerprint density at radius 3 is 2.00 bits per heavy atom. The standard InChI is InChI=1S/C30H48N4O6S2/c1-18(2)16-22(32-42(38,39)29-31-21-14-12-13-15-24(21)41-29)26(35)33(10)23(17-19(3)4)27(36)34(11)25(20(5)6)28(37)40-30(7,8)9/h12-15,18-20,22-23,25,32H,16-17H2,1-11H3/t22-,23+,25+/m1/s1. The monoisotopic (exact) mass is 624 g/mol. The molecule has 3 atom stereocenters. The summed E-state index contributed by atoms with van der Waals surface area (Å²) in [7, 11) is -1.07. The number of aromatic nitrogens is 1. The van der Waals surface area contributed by atoms with Crippen molar-refractivity contribution < 1.29 is 27.5 Å². The lowest BCUT2D eigenvalue weighted by molar-refractivity contribution is -0.167. The summed E-state index contributed by atoms with van der Waals surface area (Å²) >= 11 is 1.03. The van der Waals surface area contributed by atoms with Crippen LogP contribution in [0.1, 0.15) is 75.2 Å². The molecule has 1 heterocycles. The summed E-state index contributed by atoms with van der Waals surface area (Å²) in [5, 5.41) is 0. The highest BCUT2D eigenvalue weighted by Crippen LogP contribution is 2.26. The summed E-state index contributed by atoms with van der Waals surface area (Å²) < 4.78 is 35.6. The molecule has 42 heavy (non-hydrogen) atoms. The number of benzene rings is 1. The maximum absolute atomic E-state index is 14.0. The van der Waals surface area contributed by atoms with Crippen LogP contribution in [0.2, 0.25) is 0 Å². The molecule has 0 bridgehead atoms. The molecule has 2 rings (SSSR count). The lowest BCUT2D eigenvalue weighted by Crippen LogP contribution is -2.58. The van der Waals surface area contributed by atoms with Gasteiger partial charge in [-0.15, -0.1) is 11.3 Å². The van der Waals surface area contributed by atoms with Crippen molar-refractivity contribution in [3.8, 4) is 0 Å². The molecule has 0 unspecified atom stereocenters. The molecule has 12 heteroatoms. The van der Waals surface area contributed by atoms with Gasteiger partial charge in [0.1, 0.15) is 23.7 Å². The predicted molar refractivity (Wildman–Crippen MR) is 166 cm³/mol. The van der Waals surface area contributed by atoms with Gasteiger partial charge in [0.25, 0.3) is 10.0 Å². The number of ether oxygens (including phenoxy) is 1. The number of sulfonamides is 1. The minimum Gasteiger partial charge on any atom is -0.458 e. The van der Waals surface area contributed by atoms with E-state index in [1.807, 2.05) is 41.5 Å². The van der Waals surface area contributed by atoms with Crippen LogP contribution >= 0.6 is 11.3 Å². The Kier molecular flexibility index (Phi) is 12.1. The van der Waals surface area contributed by atoms with Crippen molar-refractivity contribution in [1.29, 1.82) is 0 Å². The molecule has 2 amide bonds. The third-order valence-electron chi connectivity index (χ3n) is 6.65. The fourth-order valence-electron chi connectivity index (χ4n) is 4.76. The molecule has 0 aliphatic heterocycles. The Morgan fingerprint density at radius 2 is 1.50 bits per heavy atom. The topological polar surface area (TPSA) is 126 Å². The van der Waals surface area contributed by atoms with E-state index < -0.39 is 51.5 Å². The maximum atomic E-state index is 14.0. The highest BCUT2D eigenvalue weighted by Gasteiger charge is 2.40. The first-order chi connectivity index (χ1) is 19.2. The first-order valence-corrected chi connectivity index (χ1v) is 16.7. The first-order valence-electron chi connectivity index (χ1n) is 14.4. The number of hydrogen-bond donors (Lipinski definition) is 1. The Labute approximate surface area is 255 Å². The molecule has 0 fully saturated rings. The van der Waals surface area contributed by atoms with Crippen molar-refractivity contribution >= 4 is 49.4 Å². The number of hydrogen-bond acceptors (Lipinski definition) is 8. The predicted octanol–water partition coefficient (Wildman–Crippen LogP) is 4.69. The van der Waals surface area contributed by atoms with Crippen molar-refractivity contribution in [3.63, 3.8) is 0 Å². The van der Waals surface area contributed by atoms with Gasteiger partial charge in [0, 0.05) is 14.1 Å². The number of nitrogens with zero attached hydrogens (tertiary/aromatic N) is 3. The molecule has 0 aliphatic carbocycles. The molecule has 1 aromatic heterocycles. The second kappa shape index (κ2) is 14.3. The van der Waals surface area contributed by atoms with Gasteiger partial charge in [0.15, 0.2) is 0 Å². The minimum absolute atomic E-state index is 0.0233. The van der Waals surface area contributed by atoms with Crippen LogP contribution in [-0.4, -0.2) is 78.8 Å². The second-order valence-electron chi connectivity index (χ2n) is 13.0. The summed E-state index contributed by atoms with van der Waals surface area (Å²) in [6.07, 6.45) is 0.543. The van der Waals surface area contributed by atoms with Crippen molar-refractivity contribution in [2.45, 2.75) is 103 Å². The molecule has 0 saturated carbocycles. The lowest BCUT2D eigenvalue weighted by atomic mass is 9.96. The zero-order valence-corrected chi connectivity index (χ0v) is 28.4. The van der Waals surface area contributed by atoms with E-state index in [4.69, 9.17) is 4.74 Å². The van der Waals surface area contributed by atoms with Gasteiger partial charge >= 0.3 is 5.97 Å². The number of carbonyl (C=O) groups is 3. The van der Waals surface area contributed by atoms with Crippen molar-refractivity contribution in [1.82, 2.24) is 19.5 Å². The van der Waals surface area contributed by atoms with Gasteiger partial charge in [0.05, 0.1) is 10.2 Å². The Morgan fingerprint density at radius 1 is 0.929 bits per heavy atom. The second-order valence-corrected chi connectivity index (χ2v) is 15.9. The molecule has 10 nitrogen and oxygen atoms in total. The number of carbonyl (C=O) groups excluding carboxylic acids is 3.